The molecule has 0 spiro atoms. The fraction of sp³-hybridized carbons (Fsp3) is 0.545. The normalized spacial score (nSPS) is 11.8. The van der Waals surface area contributed by atoms with E-state index in [1.165, 1.54) is 4.88 Å². The van der Waals surface area contributed by atoms with Crippen LogP contribution in [0.4, 0.5) is 0 Å². The van der Waals surface area contributed by atoms with Crippen molar-refractivity contribution in [1.29, 1.82) is 5.26 Å². The van der Waals surface area contributed by atoms with E-state index in [-0.39, 0.29) is 5.91 Å². The number of nitriles is 1. The third-order valence-corrected chi connectivity index (χ3v) is 3.39. The van der Waals surface area contributed by atoms with Gasteiger partial charge in [-0.25, -0.2) is 4.98 Å². The molecule has 0 saturated heterocycles. The molecule has 0 aliphatic rings. The van der Waals surface area contributed by atoms with E-state index in [9.17, 15) is 4.79 Å². The summed E-state index contributed by atoms with van der Waals surface area (Å²) < 4.78 is 0. The maximum absolute atomic E-state index is 11.5. The lowest BCUT2D eigenvalue weighted by molar-refractivity contribution is -0.123. The average molecular weight is 237 g/mol. The van der Waals surface area contributed by atoms with Crippen molar-refractivity contribution in [3.63, 3.8) is 0 Å². The SMILES string of the molecule is CCc1cnc(CNC(=O)C(C#N)CC)s1. The van der Waals surface area contributed by atoms with Gasteiger partial charge in [-0.1, -0.05) is 13.8 Å². The van der Waals surface area contributed by atoms with Crippen molar-refractivity contribution in [2.75, 3.05) is 0 Å². The molecule has 86 valence electrons. The second-order valence-corrected chi connectivity index (χ2v) is 4.58. The van der Waals surface area contributed by atoms with Crippen LogP contribution in [0.3, 0.4) is 0 Å². The third-order valence-electron chi connectivity index (χ3n) is 2.24. The van der Waals surface area contributed by atoms with Crippen LogP contribution in [0.1, 0.15) is 30.2 Å². The van der Waals surface area contributed by atoms with E-state index in [4.69, 9.17) is 5.26 Å². The third kappa shape index (κ3) is 3.31. The van der Waals surface area contributed by atoms with E-state index in [1.807, 2.05) is 19.2 Å². The van der Waals surface area contributed by atoms with Crippen molar-refractivity contribution in [2.24, 2.45) is 5.92 Å². The summed E-state index contributed by atoms with van der Waals surface area (Å²) in [7, 11) is 0. The first-order chi connectivity index (χ1) is 7.71. The van der Waals surface area contributed by atoms with Crippen LogP contribution < -0.4 is 5.32 Å². The molecule has 0 saturated carbocycles. The summed E-state index contributed by atoms with van der Waals surface area (Å²) in [4.78, 5) is 16.9. The van der Waals surface area contributed by atoms with E-state index in [0.717, 1.165) is 11.4 Å². The number of amides is 1. The number of aryl methyl sites for hydroxylation is 1. The molecule has 1 atom stereocenters. The average Bonchev–Trinajstić information content (AvgIpc) is 2.76. The Morgan fingerprint density at radius 2 is 2.44 bits per heavy atom. The Kier molecular flexibility index (Phi) is 4.93. The molecule has 0 fully saturated rings. The quantitative estimate of drug-likeness (QED) is 0.850. The molecule has 16 heavy (non-hydrogen) atoms. The van der Waals surface area contributed by atoms with Crippen LogP contribution in [-0.4, -0.2) is 10.9 Å². The Morgan fingerprint density at radius 3 is 2.94 bits per heavy atom. The van der Waals surface area contributed by atoms with Crippen molar-refractivity contribution in [3.05, 3.63) is 16.1 Å². The summed E-state index contributed by atoms with van der Waals surface area (Å²) in [6.07, 6.45) is 3.33. The van der Waals surface area contributed by atoms with Gasteiger partial charge in [-0.15, -0.1) is 11.3 Å². The van der Waals surface area contributed by atoms with Gasteiger partial charge in [0, 0.05) is 11.1 Å². The van der Waals surface area contributed by atoms with Gasteiger partial charge in [-0.05, 0) is 12.8 Å². The van der Waals surface area contributed by atoms with Crippen molar-refractivity contribution in [1.82, 2.24) is 10.3 Å². The first-order valence-electron chi connectivity index (χ1n) is 5.32. The monoisotopic (exact) mass is 237 g/mol. The molecule has 1 aromatic heterocycles. The van der Waals surface area contributed by atoms with Crippen LogP contribution in [0.2, 0.25) is 0 Å². The van der Waals surface area contributed by atoms with Gasteiger partial charge in [0.1, 0.15) is 10.9 Å². The molecule has 0 bridgehead atoms. The largest absolute Gasteiger partial charge is 0.348 e. The van der Waals surface area contributed by atoms with Crippen LogP contribution in [0, 0.1) is 17.2 Å². The molecule has 4 nitrogen and oxygen atoms in total. The van der Waals surface area contributed by atoms with Crippen molar-refractivity contribution >= 4 is 17.2 Å². The predicted molar refractivity (Wildman–Crippen MR) is 62.7 cm³/mol. The van der Waals surface area contributed by atoms with Crippen LogP contribution in [0.5, 0.6) is 0 Å². The zero-order chi connectivity index (χ0) is 12.0. The lowest BCUT2D eigenvalue weighted by atomic mass is 10.1. The fourth-order valence-corrected chi connectivity index (χ4v) is 2.02. The maximum atomic E-state index is 11.5. The smallest absolute Gasteiger partial charge is 0.237 e. The lowest BCUT2D eigenvalue weighted by Gasteiger charge is -2.05. The summed E-state index contributed by atoms with van der Waals surface area (Å²) >= 11 is 1.59. The first kappa shape index (κ1) is 12.7. The summed E-state index contributed by atoms with van der Waals surface area (Å²) in [6, 6.07) is 1.98. The lowest BCUT2D eigenvalue weighted by Crippen LogP contribution is -2.29. The highest BCUT2D eigenvalue weighted by Crippen LogP contribution is 2.13. The number of hydrogen-bond acceptors (Lipinski definition) is 4. The van der Waals surface area contributed by atoms with Gasteiger partial charge in [0.2, 0.25) is 5.91 Å². The Labute approximate surface area is 99.3 Å². The number of carbonyl (C=O) groups excluding carboxylic acids is 1. The predicted octanol–water partition coefficient (Wildman–Crippen LogP) is 1.87. The van der Waals surface area contributed by atoms with Gasteiger partial charge in [0.25, 0.3) is 0 Å². The van der Waals surface area contributed by atoms with Gasteiger partial charge in [0.05, 0.1) is 12.6 Å². The van der Waals surface area contributed by atoms with Gasteiger partial charge in [0.15, 0.2) is 0 Å². The molecule has 1 N–H and O–H groups in total. The number of carbonyl (C=O) groups is 1. The summed E-state index contributed by atoms with van der Waals surface area (Å²) in [6.45, 7) is 4.31. The molecule has 0 aliphatic heterocycles. The molecule has 0 radical (unpaired) electrons. The van der Waals surface area contributed by atoms with E-state index >= 15 is 0 Å². The second kappa shape index (κ2) is 6.23. The molecule has 0 aliphatic carbocycles. The molecular formula is C11H15N3OS. The van der Waals surface area contributed by atoms with Crippen LogP contribution in [0.25, 0.3) is 0 Å². The Balaban J connectivity index is 2.45. The molecule has 1 aromatic rings. The Hall–Kier alpha value is -1.41. The number of rotatable bonds is 5. The Bertz CT molecular complexity index is 394. The minimum absolute atomic E-state index is 0.210. The molecule has 1 rings (SSSR count). The highest BCUT2D eigenvalue weighted by atomic mass is 32.1. The van der Waals surface area contributed by atoms with Gasteiger partial charge in [-0.3, -0.25) is 4.79 Å². The molecule has 0 aromatic carbocycles. The zero-order valence-electron chi connectivity index (χ0n) is 9.49. The minimum atomic E-state index is -0.550. The van der Waals surface area contributed by atoms with Gasteiger partial charge < -0.3 is 5.32 Å². The van der Waals surface area contributed by atoms with Gasteiger partial charge in [-0.2, -0.15) is 5.26 Å². The molecule has 1 amide bonds. The number of nitrogens with zero attached hydrogens (tertiary/aromatic N) is 2. The first-order valence-corrected chi connectivity index (χ1v) is 6.13. The molecular weight excluding hydrogens is 222 g/mol. The van der Waals surface area contributed by atoms with Crippen molar-refractivity contribution in [3.8, 4) is 6.07 Å². The number of hydrogen-bond donors (Lipinski definition) is 1. The second-order valence-electron chi connectivity index (χ2n) is 3.38. The number of thiazole rings is 1. The van der Waals surface area contributed by atoms with E-state index in [2.05, 4.69) is 17.2 Å². The van der Waals surface area contributed by atoms with Crippen molar-refractivity contribution in [2.45, 2.75) is 33.2 Å². The molecule has 5 heteroatoms. The highest BCUT2D eigenvalue weighted by Gasteiger charge is 2.15. The maximum Gasteiger partial charge on any atom is 0.237 e. The van der Waals surface area contributed by atoms with E-state index in [0.29, 0.717) is 13.0 Å². The summed E-state index contributed by atoms with van der Waals surface area (Å²) in [5, 5.41) is 12.3. The number of aromatic nitrogens is 1. The standard InChI is InChI=1S/C11H15N3OS/c1-3-8(5-12)11(15)14-7-10-13-6-9(4-2)16-10/h6,8H,3-4,7H2,1-2H3,(H,14,15). The van der Waals surface area contributed by atoms with Crippen molar-refractivity contribution < 1.29 is 4.79 Å². The van der Waals surface area contributed by atoms with Crippen LogP contribution in [0.15, 0.2) is 6.20 Å². The van der Waals surface area contributed by atoms with Gasteiger partial charge >= 0.3 is 0 Å². The zero-order valence-corrected chi connectivity index (χ0v) is 10.3. The highest BCUT2D eigenvalue weighted by molar-refractivity contribution is 7.11. The summed E-state index contributed by atoms with van der Waals surface area (Å²) in [5.74, 6) is -0.760. The fourth-order valence-electron chi connectivity index (χ4n) is 1.21. The number of nitrogens with one attached hydrogen (secondary N) is 1. The Morgan fingerprint density at radius 1 is 1.69 bits per heavy atom. The molecule has 1 heterocycles. The van der Waals surface area contributed by atoms with Crippen LogP contribution in [-0.2, 0) is 17.8 Å². The van der Waals surface area contributed by atoms with E-state index < -0.39 is 5.92 Å². The molecule has 1 unspecified atom stereocenters. The summed E-state index contributed by atoms with van der Waals surface area (Å²) in [5.41, 5.74) is 0. The van der Waals surface area contributed by atoms with Crippen LogP contribution >= 0.6 is 11.3 Å². The topological polar surface area (TPSA) is 65.8 Å². The van der Waals surface area contributed by atoms with E-state index in [1.54, 1.807) is 11.3 Å². The minimum Gasteiger partial charge on any atom is -0.348 e.